The number of hydrogen-bond donors (Lipinski definition) is 2. The molecular formula is C10H22N4O3S. The Kier molecular flexibility index (Phi) is 5.51. The fourth-order valence-electron chi connectivity index (χ4n) is 1.92. The molecule has 0 aliphatic carbocycles. The van der Waals surface area contributed by atoms with Gasteiger partial charge >= 0.3 is 0 Å². The van der Waals surface area contributed by atoms with E-state index in [-0.39, 0.29) is 24.9 Å². The van der Waals surface area contributed by atoms with Gasteiger partial charge in [-0.3, -0.25) is 4.79 Å². The minimum absolute atomic E-state index is 0.0602. The maximum Gasteiger partial charge on any atom is 0.277 e. The summed E-state index contributed by atoms with van der Waals surface area (Å²) >= 11 is 0. The summed E-state index contributed by atoms with van der Waals surface area (Å²) in [6, 6.07) is 0. The third-order valence-electron chi connectivity index (χ3n) is 3.03. The molecule has 0 radical (unpaired) electrons. The highest BCUT2D eigenvalue weighted by atomic mass is 32.2. The molecule has 1 fully saturated rings. The fraction of sp³-hybridized carbons (Fsp3) is 0.900. The standard InChI is InChI=1S/C10H22N4O3S/c1-3-12-8-9(2)10(15)13-4-6-14(7-5-13)18(11,16)17/h9,12H,3-8H2,1-2H3,(H2,11,16,17). The van der Waals surface area contributed by atoms with Crippen LogP contribution in [0.1, 0.15) is 13.8 Å². The average molecular weight is 278 g/mol. The van der Waals surface area contributed by atoms with Crippen molar-refractivity contribution in [2.45, 2.75) is 13.8 Å². The maximum absolute atomic E-state index is 12.0. The summed E-state index contributed by atoms with van der Waals surface area (Å²) in [7, 11) is -3.63. The van der Waals surface area contributed by atoms with Gasteiger partial charge in [-0.1, -0.05) is 13.8 Å². The Balaban J connectivity index is 2.45. The van der Waals surface area contributed by atoms with Crippen LogP contribution in [0.3, 0.4) is 0 Å². The van der Waals surface area contributed by atoms with Crippen LogP contribution >= 0.6 is 0 Å². The van der Waals surface area contributed by atoms with Crippen LogP contribution in [-0.2, 0) is 15.0 Å². The van der Waals surface area contributed by atoms with Crippen LogP contribution in [0, 0.1) is 5.92 Å². The third-order valence-corrected chi connectivity index (χ3v) is 4.12. The van der Waals surface area contributed by atoms with Crippen molar-refractivity contribution >= 4 is 16.1 Å². The normalized spacial score (nSPS) is 19.8. The highest BCUT2D eigenvalue weighted by molar-refractivity contribution is 7.86. The molecule has 0 spiro atoms. The topological polar surface area (TPSA) is 95.7 Å². The van der Waals surface area contributed by atoms with Crippen molar-refractivity contribution in [2.75, 3.05) is 39.3 Å². The Morgan fingerprint density at radius 2 is 1.89 bits per heavy atom. The van der Waals surface area contributed by atoms with E-state index in [2.05, 4.69) is 5.32 Å². The van der Waals surface area contributed by atoms with Gasteiger partial charge in [-0.05, 0) is 6.54 Å². The van der Waals surface area contributed by atoms with E-state index < -0.39 is 10.2 Å². The predicted molar refractivity (Wildman–Crippen MR) is 69.0 cm³/mol. The van der Waals surface area contributed by atoms with E-state index in [1.165, 1.54) is 4.31 Å². The fourth-order valence-corrected chi connectivity index (χ4v) is 2.60. The quantitative estimate of drug-likeness (QED) is 0.645. The number of amides is 1. The van der Waals surface area contributed by atoms with Gasteiger partial charge in [-0.2, -0.15) is 12.7 Å². The molecule has 1 heterocycles. The van der Waals surface area contributed by atoms with Gasteiger partial charge in [0.15, 0.2) is 0 Å². The van der Waals surface area contributed by atoms with Gasteiger partial charge in [0.05, 0.1) is 0 Å². The minimum atomic E-state index is -3.63. The second-order valence-electron chi connectivity index (χ2n) is 4.48. The Labute approximate surface area is 108 Å². The van der Waals surface area contributed by atoms with Gasteiger partial charge in [-0.25, -0.2) is 5.14 Å². The summed E-state index contributed by atoms with van der Waals surface area (Å²) in [4.78, 5) is 13.7. The molecule has 1 aliphatic heterocycles. The summed E-state index contributed by atoms with van der Waals surface area (Å²) in [5.74, 6) is -0.0315. The Hall–Kier alpha value is -0.700. The van der Waals surface area contributed by atoms with Gasteiger partial charge < -0.3 is 10.2 Å². The van der Waals surface area contributed by atoms with Crippen LogP contribution in [0.2, 0.25) is 0 Å². The van der Waals surface area contributed by atoms with Crippen LogP contribution in [-0.4, -0.2) is 62.8 Å². The molecule has 1 rings (SSSR count). The first kappa shape index (κ1) is 15.4. The largest absolute Gasteiger partial charge is 0.340 e. The van der Waals surface area contributed by atoms with Crippen molar-refractivity contribution in [1.29, 1.82) is 0 Å². The third kappa shape index (κ3) is 4.20. The molecule has 0 aromatic rings. The van der Waals surface area contributed by atoms with Crippen LogP contribution in [0.5, 0.6) is 0 Å². The van der Waals surface area contributed by atoms with Crippen molar-refractivity contribution in [3.05, 3.63) is 0 Å². The lowest BCUT2D eigenvalue weighted by atomic mass is 10.1. The molecule has 1 saturated heterocycles. The zero-order valence-corrected chi connectivity index (χ0v) is 11.7. The van der Waals surface area contributed by atoms with Crippen LogP contribution in [0.15, 0.2) is 0 Å². The van der Waals surface area contributed by atoms with E-state index in [4.69, 9.17) is 5.14 Å². The molecule has 1 aliphatic rings. The molecule has 1 amide bonds. The molecule has 3 N–H and O–H groups in total. The van der Waals surface area contributed by atoms with Crippen molar-refractivity contribution in [3.8, 4) is 0 Å². The SMILES string of the molecule is CCNCC(C)C(=O)N1CCN(S(N)(=O)=O)CC1. The lowest BCUT2D eigenvalue weighted by Gasteiger charge is -2.34. The first-order valence-electron chi connectivity index (χ1n) is 6.13. The molecular weight excluding hydrogens is 256 g/mol. The summed E-state index contributed by atoms with van der Waals surface area (Å²) in [6.07, 6.45) is 0. The highest BCUT2D eigenvalue weighted by Crippen LogP contribution is 2.08. The number of nitrogens with two attached hydrogens (primary N) is 1. The Morgan fingerprint density at radius 3 is 2.33 bits per heavy atom. The number of piperazine rings is 1. The van der Waals surface area contributed by atoms with Crippen LogP contribution in [0.4, 0.5) is 0 Å². The molecule has 0 saturated carbocycles. The number of carbonyl (C=O) groups is 1. The molecule has 7 nitrogen and oxygen atoms in total. The minimum Gasteiger partial charge on any atom is -0.340 e. The van der Waals surface area contributed by atoms with E-state index in [1.807, 2.05) is 13.8 Å². The van der Waals surface area contributed by atoms with Crippen molar-refractivity contribution < 1.29 is 13.2 Å². The molecule has 8 heteroatoms. The van der Waals surface area contributed by atoms with Crippen molar-refractivity contribution in [2.24, 2.45) is 11.1 Å². The Morgan fingerprint density at radius 1 is 1.33 bits per heavy atom. The predicted octanol–water partition coefficient (Wildman–Crippen LogP) is -1.42. The number of hydrogen-bond acceptors (Lipinski definition) is 4. The van der Waals surface area contributed by atoms with Crippen LogP contribution in [0.25, 0.3) is 0 Å². The van der Waals surface area contributed by atoms with E-state index in [9.17, 15) is 13.2 Å². The van der Waals surface area contributed by atoms with Gasteiger partial charge in [-0.15, -0.1) is 0 Å². The molecule has 1 atom stereocenters. The van der Waals surface area contributed by atoms with Crippen molar-refractivity contribution in [3.63, 3.8) is 0 Å². The van der Waals surface area contributed by atoms with Gasteiger partial charge in [0.1, 0.15) is 0 Å². The number of nitrogens with zero attached hydrogens (tertiary/aromatic N) is 2. The Bertz CT molecular complexity index is 377. The van der Waals surface area contributed by atoms with Gasteiger partial charge in [0.2, 0.25) is 5.91 Å². The molecule has 1 unspecified atom stereocenters. The van der Waals surface area contributed by atoms with Gasteiger partial charge in [0, 0.05) is 38.6 Å². The van der Waals surface area contributed by atoms with Crippen LogP contribution < -0.4 is 10.5 Å². The summed E-state index contributed by atoms with van der Waals surface area (Å²) in [5, 5.41) is 8.17. The lowest BCUT2D eigenvalue weighted by Crippen LogP contribution is -2.53. The molecule has 18 heavy (non-hydrogen) atoms. The summed E-state index contributed by atoms with van der Waals surface area (Å²) < 4.78 is 23.5. The van der Waals surface area contributed by atoms with E-state index >= 15 is 0 Å². The maximum atomic E-state index is 12.0. The first-order chi connectivity index (χ1) is 8.36. The molecule has 0 aromatic heterocycles. The number of rotatable bonds is 5. The van der Waals surface area contributed by atoms with E-state index in [0.717, 1.165) is 6.54 Å². The highest BCUT2D eigenvalue weighted by Gasteiger charge is 2.28. The number of carbonyl (C=O) groups excluding carboxylic acids is 1. The van der Waals surface area contributed by atoms with Crippen molar-refractivity contribution in [1.82, 2.24) is 14.5 Å². The van der Waals surface area contributed by atoms with Gasteiger partial charge in [0.25, 0.3) is 10.2 Å². The first-order valence-corrected chi connectivity index (χ1v) is 7.64. The summed E-state index contributed by atoms with van der Waals surface area (Å²) in [6.45, 7) is 6.70. The smallest absolute Gasteiger partial charge is 0.277 e. The molecule has 0 bridgehead atoms. The molecule has 106 valence electrons. The molecule has 0 aromatic carbocycles. The summed E-state index contributed by atoms with van der Waals surface area (Å²) in [5.41, 5.74) is 0. The number of nitrogens with one attached hydrogen (secondary N) is 1. The monoisotopic (exact) mass is 278 g/mol. The zero-order valence-electron chi connectivity index (χ0n) is 10.9. The second-order valence-corrected chi connectivity index (χ2v) is 6.02. The van der Waals surface area contributed by atoms with E-state index in [0.29, 0.717) is 19.6 Å². The second kappa shape index (κ2) is 6.46. The average Bonchev–Trinajstić information content (AvgIpc) is 2.34. The lowest BCUT2D eigenvalue weighted by molar-refractivity contribution is -0.136. The zero-order chi connectivity index (χ0) is 13.8. The van der Waals surface area contributed by atoms with E-state index in [1.54, 1.807) is 4.90 Å².